The highest BCUT2D eigenvalue weighted by Gasteiger charge is 2.22. The van der Waals surface area contributed by atoms with Crippen molar-refractivity contribution in [2.45, 2.75) is 38.6 Å². The van der Waals surface area contributed by atoms with Crippen LogP contribution < -0.4 is 5.32 Å². The molecular weight excluding hydrogens is 342 g/mol. The van der Waals surface area contributed by atoms with Gasteiger partial charge in [0, 0.05) is 15.4 Å². The van der Waals surface area contributed by atoms with E-state index < -0.39 is 0 Å². The molecule has 1 heterocycles. The van der Waals surface area contributed by atoms with Gasteiger partial charge in [-0.1, -0.05) is 29.8 Å². The second-order valence-electron chi connectivity index (χ2n) is 6.14. The van der Waals surface area contributed by atoms with Crippen molar-refractivity contribution in [2.24, 2.45) is 5.92 Å². The Kier molecular flexibility index (Phi) is 5.15. The van der Waals surface area contributed by atoms with Crippen LogP contribution in [0.1, 0.15) is 28.8 Å². The quantitative estimate of drug-likeness (QED) is 0.731. The van der Waals surface area contributed by atoms with Gasteiger partial charge in [0.2, 0.25) is 0 Å². The zero-order valence-electron chi connectivity index (χ0n) is 12.4. The molecule has 1 N–H and O–H groups in total. The average Bonchev–Trinajstić information content (AvgIpc) is 3.20. The Balaban J connectivity index is 1.67. The minimum absolute atomic E-state index is 0.669. The molecule has 112 valence electrons. The van der Waals surface area contributed by atoms with Crippen LogP contribution in [0.5, 0.6) is 0 Å². The van der Waals surface area contributed by atoms with Gasteiger partial charge in [0.25, 0.3) is 0 Å². The van der Waals surface area contributed by atoms with E-state index in [-0.39, 0.29) is 0 Å². The number of thiophene rings is 1. The molecule has 0 saturated heterocycles. The van der Waals surface area contributed by atoms with Crippen LogP contribution >= 0.6 is 27.3 Å². The molecule has 1 unspecified atom stereocenters. The van der Waals surface area contributed by atoms with Gasteiger partial charge in [-0.2, -0.15) is 0 Å². The molecule has 1 saturated carbocycles. The van der Waals surface area contributed by atoms with E-state index in [9.17, 15) is 0 Å². The van der Waals surface area contributed by atoms with Gasteiger partial charge in [-0.3, -0.25) is 0 Å². The highest BCUT2D eigenvalue weighted by atomic mass is 79.9. The molecule has 1 nitrogen and oxygen atoms in total. The van der Waals surface area contributed by atoms with Gasteiger partial charge in [0.15, 0.2) is 0 Å². The minimum Gasteiger partial charge on any atom is -0.314 e. The molecule has 0 bridgehead atoms. The fourth-order valence-electron chi connectivity index (χ4n) is 2.74. The van der Waals surface area contributed by atoms with Crippen molar-refractivity contribution in [1.82, 2.24) is 5.32 Å². The number of hydrogen-bond acceptors (Lipinski definition) is 2. The summed E-state index contributed by atoms with van der Waals surface area (Å²) >= 11 is 5.54. The summed E-state index contributed by atoms with van der Waals surface area (Å²) in [6.45, 7) is 3.31. The van der Waals surface area contributed by atoms with E-state index in [1.54, 1.807) is 0 Å². The summed E-state index contributed by atoms with van der Waals surface area (Å²) in [5.74, 6) is 0.669. The third-order valence-corrected chi connectivity index (χ3v) is 5.99. The summed E-state index contributed by atoms with van der Waals surface area (Å²) in [5, 5.41) is 5.89. The second-order valence-corrected chi connectivity index (χ2v) is 7.99. The predicted octanol–water partition coefficient (Wildman–Crippen LogP) is 4.97. The number of benzene rings is 1. The SMILES string of the molecule is Cc1cccc(CC(CNC2CC2)Cc2sccc2Br)c1. The first-order valence-electron chi connectivity index (χ1n) is 7.71. The molecule has 0 amide bonds. The van der Waals surface area contributed by atoms with E-state index in [2.05, 4.69) is 63.9 Å². The van der Waals surface area contributed by atoms with Crippen molar-refractivity contribution in [3.63, 3.8) is 0 Å². The van der Waals surface area contributed by atoms with Crippen LogP contribution in [-0.4, -0.2) is 12.6 Å². The molecule has 21 heavy (non-hydrogen) atoms. The second kappa shape index (κ2) is 7.08. The van der Waals surface area contributed by atoms with E-state index in [4.69, 9.17) is 0 Å². The van der Waals surface area contributed by atoms with Crippen LogP contribution in [0.2, 0.25) is 0 Å². The van der Waals surface area contributed by atoms with Crippen LogP contribution in [0, 0.1) is 12.8 Å². The molecule has 3 heteroatoms. The lowest BCUT2D eigenvalue weighted by Crippen LogP contribution is -2.27. The third kappa shape index (κ3) is 4.67. The maximum Gasteiger partial charge on any atom is 0.0314 e. The van der Waals surface area contributed by atoms with Crippen LogP contribution in [0.25, 0.3) is 0 Å². The normalized spacial score (nSPS) is 16.1. The number of hydrogen-bond donors (Lipinski definition) is 1. The van der Waals surface area contributed by atoms with Crippen LogP contribution in [0.4, 0.5) is 0 Å². The Labute approximate surface area is 139 Å². The molecule has 0 aliphatic heterocycles. The summed E-state index contributed by atoms with van der Waals surface area (Å²) in [6, 6.07) is 11.9. The lowest BCUT2D eigenvalue weighted by molar-refractivity contribution is 0.471. The summed E-state index contributed by atoms with van der Waals surface area (Å²) in [5.41, 5.74) is 2.82. The van der Waals surface area contributed by atoms with E-state index in [0.29, 0.717) is 5.92 Å². The average molecular weight is 364 g/mol. The molecule has 1 aromatic heterocycles. The smallest absolute Gasteiger partial charge is 0.0314 e. The molecule has 1 fully saturated rings. The fraction of sp³-hybridized carbons (Fsp3) is 0.444. The van der Waals surface area contributed by atoms with Gasteiger partial charge in [-0.05, 0) is 78.0 Å². The highest BCUT2D eigenvalue weighted by Crippen LogP contribution is 2.27. The van der Waals surface area contributed by atoms with E-state index >= 15 is 0 Å². The summed E-state index contributed by atoms with van der Waals surface area (Å²) in [4.78, 5) is 1.48. The molecule has 1 atom stereocenters. The summed E-state index contributed by atoms with van der Waals surface area (Å²) < 4.78 is 1.27. The Morgan fingerprint density at radius 2 is 2.14 bits per heavy atom. The van der Waals surface area contributed by atoms with Crippen molar-refractivity contribution in [1.29, 1.82) is 0 Å². The molecule has 2 aromatic rings. The van der Waals surface area contributed by atoms with E-state index in [1.807, 2.05) is 11.3 Å². The Morgan fingerprint density at radius 1 is 1.29 bits per heavy atom. The Bertz CT molecular complexity index is 588. The van der Waals surface area contributed by atoms with Crippen molar-refractivity contribution >= 4 is 27.3 Å². The predicted molar refractivity (Wildman–Crippen MR) is 95.1 cm³/mol. The number of rotatable bonds is 7. The fourth-order valence-corrected chi connectivity index (χ4v) is 4.37. The third-order valence-electron chi connectivity index (χ3n) is 4.04. The molecule has 0 spiro atoms. The van der Waals surface area contributed by atoms with Crippen molar-refractivity contribution < 1.29 is 0 Å². The molecule has 3 rings (SSSR count). The molecular formula is C18H22BrNS. The molecule has 1 aliphatic carbocycles. The minimum atomic E-state index is 0.669. The van der Waals surface area contributed by atoms with E-state index in [1.165, 1.54) is 33.3 Å². The van der Waals surface area contributed by atoms with Crippen molar-refractivity contribution in [3.8, 4) is 0 Å². The Morgan fingerprint density at radius 3 is 2.81 bits per heavy atom. The summed E-state index contributed by atoms with van der Waals surface area (Å²) in [7, 11) is 0. The molecule has 0 radical (unpaired) electrons. The first-order chi connectivity index (χ1) is 10.2. The number of nitrogens with one attached hydrogen (secondary N) is 1. The highest BCUT2D eigenvalue weighted by molar-refractivity contribution is 9.10. The zero-order chi connectivity index (χ0) is 14.7. The van der Waals surface area contributed by atoms with Crippen LogP contribution in [0.15, 0.2) is 40.2 Å². The van der Waals surface area contributed by atoms with Gasteiger partial charge >= 0.3 is 0 Å². The first kappa shape index (κ1) is 15.3. The van der Waals surface area contributed by atoms with Gasteiger partial charge in [0.05, 0.1) is 0 Å². The lowest BCUT2D eigenvalue weighted by Gasteiger charge is -2.18. The molecule has 1 aliphatic rings. The van der Waals surface area contributed by atoms with Gasteiger partial charge in [-0.25, -0.2) is 0 Å². The first-order valence-corrected chi connectivity index (χ1v) is 9.39. The van der Waals surface area contributed by atoms with Gasteiger partial charge < -0.3 is 5.32 Å². The maximum absolute atomic E-state index is 3.71. The molecule has 1 aromatic carbocycles. The Hall–Kier alpha value is -0.640. The van der Waals surface area contributed by atoms with Crippen LogP contribution in [-0.2, 0) is 12.8 Å². The van der Waals surface area contributed by atoms with Crippen molar-refractivity contribution in [3.05, 3.63) is 56.2 Å². The van der Waals surface area contributed by atoms with Gasteiger partial charge in [-0.15, -0.1) is 11.3 Å². The largest absolute Gasteiger partial charge is 0.314 e. The zero-order valence-corrected chi connectivity index (χ0v) is 14.8. The van der Waals surface area contributed by atoms with Crippen molar-refractivity contribution in [2.75, 3.05) is 6.54 Å². The maximum atomic E-state index is 3.71. The monoisotopic (exact) mass is 363 g/mol. The standard InChI is InChI=1S/C18H22BrNS/c1-13-3-2-4-14(9-13)10-15(12-20-16-5-6-16)11-18-17(19)7-8-21-18/h2-4,7-9,15-16,20H,5-6,10-12H2,1H3. The number of aryl methyl sites for hydroxylation is 1. The lowest BCUT2D eigenvalue weighted by atomic mass is 9.94. The van der Waals surface area contributed by atoms with Crippen LogP contribution in [0.3, 0.4) is 0 Å². The van der Waals surface area contributed by atoms with Gasteiger partial charge in [0.1, 0.15) is 0 Å². The summed E-state index contributed by atoms with van der Waals surface area (Å²) in [6.07, 6.45) is 5.04. The topological polar surface area (TPSA) is 12.0 Å². The van der Waals surface area contributed by atoms with E-state index in [0.717, 1.165) is 25.4 Å². The number of halogens is 1.